The molecule has 1 atom stereocenters. The van der Waals surface area contributed by atoms with E-state index in [-0.39, 0.29) is 18.8 Å². The van der Waals surface area contributed by atoms with Crippen molar-refractivity contribution in [1.29, 1.82) is 0 Å². The second kappa shape index (κ2) is 12.9. The van der Waals surface area contributed by atoms with Crippen molar-refractivity contribution >= 4 is 21.7 Å². The van der Waals surface area contributed by atoms with Crippen LogP contribution in [0.1, 0.15) is 21.5 Å². The molecule has 0 fully saturated rings. The molecule has 0 saturated heterocycles. The minimum atomic E-state index is -3.38. The molecule has 0 aliphatic rings. The number of benzene rings is 3. The SMILES string of the molecule is CS(=O)(=O)Nc1cccc(OC[C@@H](O)CNCCc2ccc(OCc3ccccc3C(=O)O)cc2)c1. The lowest BCUT2D eigenvalue weighted by Crippen LogP contribution is -2.32. The number of anilines is 1. The van der Waals surface area contributed by atoms with E-state index in [1.807, 2.05) is 24.3 Å². The van der Waals surface area contributed by atoms with E-state index in [0.717, 1.165) is 18.2 Å². The molecule has 192 valence electrons. The molecule has 0 radical (unpaired) electrons. The maximum atomic E-state index is 11.3. The van der Waals surface area contributed by atoms with E-state index in [1.165, 1.54) is 0 Å². The first-order valence-corrected chi connectivity index (χ1v) is 13.2. The summed E-state index contributed by atoms with van der Waals surface area (Å²) in [6.45, 7) is 1.22. The van der Waals surface area contributed by atoms with E-state index < -0.39 is 22.1 Å². The van der Waals surface area contributed by atoms with Gasteiger partial charge in [0.05, 0.1) is 17.5 Å². The van der Waals surface area contributed by atoms with Crippen LogP contribution < -0.4 is 19.5 Å². The van der Waals surface area contributed by atoms with Gasteiger partial charge in [-0.25, -0.2) is 13.2 Å². The number of ether oxygens (including phenoxy) is 2. The minimum Gasteiger partial charge on any atom is -0.491 e. The van der Waals surface area contributed by atoms with E-state index in [0.29, 0.717) is 35.8 Å². The molecule has 0 heterocycles. The lowest BCUT2D eigenvalue weighted by atomic mass is 10.1. The zero-order valence-corrected chi connectivity index (χ0v) is 20.7. The van der Waals surface area contributed by atoms with Gasteiger partial charge in [0.15, 0.2) is 0 Å². The van der Waals surface area contributed by atoms with Gasteiger partial charge in [0, 0.05) is 18.2 Å². The zero-order chi connectivity index (χ0) is 26.0. The first-order valence-electron chi connectivity index (χ1n) is 11.3. The largest absolute Gasteiger partial charge is 0.491 e. The molecule has 0 saturated carbocycles. The highest BCUT2D eigenvalue weighted by Crippen LogP contribution is 2.19. The van der Waals surface area contributed by atoms with Crippen LogP contribution in [-0.4, -0.2) is 56.7 Å². The van der Waals surface area contributed by atoms with E-state index in [2.05, 4.69) is 10.0 Å². The topological polar surface area (TPSA) is 134 Å². The average molecular weight is 515 g/mol. The number of aliphatic hydroxyl groups excluding tert-OH is 1. The summed E-state index contributed by atoms with van der Waals surface area (Å²) in [6, 6.07) is 20.8. The Bertz CT molecular complexity index is 1250. The number of aliphatic hydroxyl groups is 1. The number of carbonyl (C=O) groups is 1. The molecule has 0 bridgehead atoms. The third kappa shape index (κ3) is 9.21. The van der Waals surface area contributed by atoms with Gasteiger partial charge in [-0.1, -0.05) is 36.4 Å². The van der Waals surface area contributed by atoms with Gasteiger partial charge in [0.25, 0.3) is 0 Å². The van der Waals surface area contributed by atoms with E-state index >= 15 is 0 Å². The van der Waals surface area contributed by atoms with Crippen LogP contribution in [-0.2, 0) is 23.1 Å². The van der Waals surface area contributed by atoms with Gasteiger partial charge < -0.3 is 25.0 Å². The summed E-state index contributed by atoms with van der Waals surface area (Å²) in [5.41, 5.74) is 2.31. The Kier molecular flexibility index (Phi) is 9.69. The van der Waals surface area contributed by atoms with Crippen LogP contribution in [0, 0.1) is 0 Å². The van der Waals surface area contributed by atoms with Gasteiger partial charge in [0.1, 0.15) is 30.8 Å². The molecule has 3 aromatic carbocycles. The van der Waals surface area contributed by atoms with Crippen molar-refractivity contribution < 1.29 is 32.9 Å². The first kappa shape index (κ1) is 27.0. The van der Waals surface area contributed by atoms with Crippen molar-refractivity contribution in [1.82, 2.24) is 5.32 Å². The van der Waals surface area contributed by atoms with Gasteiger partial charge in [-0.3, -0.25) is 4.72 Å². The number of rotatable bonds is 14. The Morgan fingerprint density at radius 1 is 0.972 bits per heavy atom. The van der Waals surface area contributed by atoms with E-state index in [1.54, 1.807) is 48.5 Å². The predicted octanol–water partition coefficient (Wildman–Crippen LogP) is 2.91. The van der Waals surface area contributed by atoms with Crippen LogP contribution in [0.2, 0.25) is 0 Å². The standard InChI is InChI=1S/C26H30N2O7S/c1-36(32,33)28-21-6-4-7-24(15-21)35-18-22(29)16-27-14-13-19-9-11-23(12-10-19)34-17-20-5-2-3-8-25(20)26(30)31/h2-12,15,22,27-29H,13-14,16-18H2,1H3,(H,30,31)/t22-/m0/s1. The minimum absolute atomic E-state index is 0.0619. The van der Waals surface area contributed by atoms with E-state index in [4.69, 9.17) is 9.47 Å². The van der Waals surface area contributed by atoms with Crippen molar-refractivity contribution in [2.75, 3.05) is 30.7 Å². The average Bonchev–Trinajstić information content (AvgIpc) is 2.84. The smallest absolute Gasteiger partial charge is 0.336 e. The molecular weight excluding hydrogens is 484 g/mol. The van der Waals surface area contributed by atoms with Gasteiger partial charge in [-0.05, 0) is 48.9 Å². The summed E-state index contributed by atoms with van der Waals surface area (Å²) in [5.74, 6) is 0.122. The van der Waals surface area contributed by atoms with Crippen LogP contribution in [0.3, 0.4) is 0 Å². The van der Waals surface area contributed by atoms with Crippen LogP contribution >= 0.6 is 0 Å². The normalized spacial score (nSPS) is 12.1. The van der Waals surface area contributed by atoms with Gasteiger partial charge in [0.2, 0.25) is 10.0 Å². The second-order valence-corrected chi connectivity index (χ2v) is 9.96. The van der Waals surface area contributed by atoms with Crippen molar-refractivity contribution in [3.63, 3.8) is 0 Å². The first-order chi connectivity index (χ1) is 17.2. The number of nitrogens with one attached hydrogen (secondary N) is 2. The van der Waals surface area contributed by atoms with Crippen molar-refractivity contribution in [2.45, 2.75) is 19.1 Å². The summed E-state index contributed by atoms with van der Waals surface area (Å²) >= 11 is 0. The molecule has 0 aliphatic heterocycles. The maximum Gasteiger partial charge on any atom is 0.336 e. The number of aromatic carboxylic acids is 1. The van der Waals surface area contributed by atoms with Gasteiger partial charge in [-0.2, -0.15) is 0 Å². The van der Waals surface area contributed by atoms with Gasteiger partial charge >= 0.3 is 5.97 Å². The Labute approximate surface area is 210 Å². The molecule has 0 amide bonds. The summed E-state index contributed by atoms with van der Waals surface area (Å²) in [5, 5.41) is 22.6. The Morgan fingerprint density at radius 3 is 2.44 bits per heavy atom. The molecule has 3 rings (SSSR count). The van der Waals surface area contributed by atoms with Gasteiger partial charge in [-0.15, -0.1) is 0 Å². The third-order valence-corrected chi connectivity index (χ3v) is 5.72. The lowest BCUT2D eigenvalue weighted by Gasteiger charge is -2.14. The zero-order valence-electron chi connectivity index (χ0n) is 19.9. The predicted molar refractivity (Wildman–Crippen MR) is 137 cm³/mol. The van der Waals surface area contributed by atoms with Crippen molar-refractivity contribution in [2.24, 2.45) is 0 Å². The lowest BCUT2D eigenvalue weighted by molar-refractivity contribution is 0.0694. The quantitative estimate of drug-likeness (QED) is 0.241. The summed E-state index contributed by atoms with van der Waals surface area (Å²) < 4.78 is 36.3. The highest BCUT2D eigenvalue weighted by atomic mass is 32.2. The number of carboxylic acid groups (broad SMARTS) is 1. The van der Waals surface area contributed by atoms with Crippen molar-refractivity contribution in [3.8, 4) is 11.5 Å². The number of carboxylic acids is 1. The summed E-state index contributed by atoms with van der Waals surface area (Å²) in [6.07, 6.45) is 1.08. The Hall–Kier alpha value is -3.60. The van der Waals surface area contributed by atoms with Crippen LogP contribution in [0.25, 0.3) is 0 Å². The molecule has 0 unspecified atom stereocenters. The van der Waals surface area contributed by atoms with Crippen LogP contribution in [0.5, 0.6) is 11.5 Å². The number of sulfonamides is 1. The molecule has 0 spiro atoms. The molecule has 0 aromatic heterocycles. The van der Waals surface area contributed by atoms with Crippen LogP contribution in [0.4, 0.5) is 5.69 Å². The molecule has 10 heteroatoms. The molecule has 36 heavy (non-hydrogen) atoms. The molecular formula is C26H30N2O7S. The summed E-state index contributed by atoms with van der Waals surface area (Å²) in [7, 11) is -3.38. The Balaban J connectivity index is 1.36. The molecule has 3 aromatic rings. The van der Waals surface area contributed by atoms with Crippen molar-refractivity contribution in [3.05, 3.63) is 89.5 Å². The fourth-order valence-electron chi connectivity index (χ4n) is 3.38. The van der Waals surface area contributed by atoms with Crippen LogP contribution in [0.15, 0.2) is 72.8 Å². The molecule has 9 nitrogen and oxygen atoms in total. The fourth-order valence-corrected chi connectivity index (χ4v) is 3.94. The summed E-state index contributed by atoms with van der Waals surface area (Å²) in [4.78, 5) is 11.3. The highest BCUT2D eigenvalue weighted by molar-refractivity contribution is 7.92. The number of hydrogen-bond donors (Lipinski definition) is 4. The Morgan fingerprint density at radius 2 is 1.72 bits per heavy atom. The second-order valence-electron chi connectivity index (χ2n) is 8.22. The third-order valence-electron chi connectivity index (χ3n) is 5.12. The maximum absolute atomic E-state index is 11.3. The van der Waals surface area contributed by atoms with E-state index in [9.17, 15) is 23.4 Å². The molecule has 4 N–H and O–H groups in total. The molecule has 0 aliphatic carbocycles. The highest BCUT2D eigenvalue weighted by Gasteiger charge is 2.10. The monoisotopic (exact) mass is 514 g/mol. The fraction of sp³-hybridized carbons (Fsp3) is 0.269. The number of hydrogen-bond acceptors (Lipinski definition) is 7.